The smallest absolute Gasteiger partial charge is 0.307 e. The zero-order valence-corrected chi connectivity index (χ0v) is 10.6. The molecular weight excluding hydrogens is 283 g/mol. The lowest BCUT2D eigenvalue weighted by Gasteiger charge is -2.12. The second-order valence-electron chi connectivity index (χ2n) is 3.51. The quantitative estimate of drug-likeness (QED) is 0.493. The summed E-state index contributed by atoms with van der Waals surface area (Å²) in [5.41, 5.74) is 4.79. The van der Waals surface area contributed by atoms with Gasteiger partial charge < -0.3 is 15.6 Å². The maximum absolute atomic E-state index is 13.3. The molecule has 0 amide bonds. The number of rotatable bonds is 4. The first-order chi connectivity index (χ1) is 8.36. The Kier molecular flexibility index (Phi) is 6.16. The number of methoxy groups -OCH3 is 1. The van der Waals surface area contributed by atoms with Crippen molar-refractivity contribution in [3.05, 3.63) is 33.6 Å². The van der Waals surface area contributed by atoms with Crippen molar-refractivity contribution in [2.75, 3.05) is 7.11 Å². The summed E-state index contributed by atoms with van der Waals surface area (Å²) in [7, 11) is 1.14. The standard InChI is InChI=1S/C10H11FN2O5.ClH/c1-18-9(14)4-8(12)6-2-5(13(16)17)3-7(11)10(6)15;/h2-3,8,15H,4,12H2,1H3;1H/t8-;/m1./s1. The van der Waals surface area contributed by atoms with E-state index in [-0.39, 0.29) is 24.4 Å². The summed E-state index contributed by atoms with van der Waals surface area (Å²) >= 11 is 0. The number of phenolic OH excluding ortho intramolecular Hbond substituents is 1. The van der Waals surface area contributed by atoms with Gasteiger partial charge in [0, 0.05) is 17.7 Å². The Morgan fingerprint density at radius 3 is 2.68 bits per heavy atom. The Balaban J connectivity index is 0.00000324. The maximum Gasteiger partial charge on any atom is 0.307 e. The van der Waals surface area contributed by atoms with Crippen molar-refractivity contribution in [2.45, 2.75) is 12.5 Å². The third-order valence-electron chi connectivity index (χ3n) is 2.30. The number of ether oxygens (including phenoxy) is 1. The third kappa shape index (κ3) is 4.04. The zero-order valence-electron chi connectivity index (χ0n) is 9.83. The second kappa shape index (κ2) is 6.86. The van der Waals surface area contributed by atoms with Crippen LogP contribution in [0, 0.1) is 15.9 Å². The van der Waals surface area contributed by atoms with Crippen LogP contribution in [0.5, 0.6) is 5.75 Å². The molecule has 0 spiro atoms. The van der Waals surface area contributed by atoms with Crippen LogP contribution in [-0.4, -0.2) is 23.1 Å². The zero-order chi connectivity index (χ0) is 13.9. The molecule has 9 heteroatoms. The number of nitro benzene ring substituents is 1. The van der Waals surface area contributed by atoms with Crippen molar-refractivity contribution >= 4 is 24.1 Å². The first kappa shape index (κ1) is 17.1. The van der Waals surface area contributed by atoms with Crippen LogP contribution in [0.25, 0.3) is 0 Å². The number of carbonyl (C=O) groups is 1. The number of esters is 1. The monoisotopic (exact) mass is 294 g/mol. The normalized spacial score (nSPS) is 11.3. The van der Waals surface area contributed by atoms with E-state index in [2.05, 4.69) is 4.74 Å². The Morgan fingerprint density at radius 1 is 1.63 bits per heavy atom. The van der Waals surface area contributed by atoms with Gasteiger partial charge in [-0.2, -0.15) is 0 Å². The van der Waals surface area contributed by atoms with E-state index in [0.717, 1.165) is 13.2 Å². The van der Waals surface area contributed by atoms with E-state index in [0.29, 0.717) is 6.07 Å². The summed E-state index contributed by atoms with van der Waals surface area (Å²) < 4.78 is 17.6. The molecule has 19 heavy (non-hydrogen) atoms. The highest BCUT2D eigenvalue weighted by Crippen LogP contribution is 2.31. The van der Waals surface area contributed by atoms with E-state index in [9.17, 15) is 24.4 Å². The lowest BCUT2D eigenvalue weighted by molar-refractivity contribution is -0.385. The van der Waals surface area contributed by atoms with Gasteiger partial charge in [-0.05, 0) is 0 Å². The van der Waals surface area contributed by atoms with E-state index in [1.165, 1.54) is 0 Å². The van der Waals surface area contributed by atoms with Crippen LogP contribution in [0.3, 0.4) is 0 Å². The summed E-state index contributed by atoms with van der Waals surface area (Å²) in [5.74, 6) is -2.65. The van der Waals surface area contributed by atoms with Crippen LogP contribution >= 0.6 is 12.4 Å². The molecule has 0 unspecified atom stereocenters. The summed E-state index contributed by atoms with van der Waals surface area (Å²) in [6.07, 6.45) is -0.329. The average molecular weight is 295 g/mol. The van der Waals surface area contributed by atoms with Crippen molar-refractivity contribution in [2.24, 2.45) is 5.73 Å². The summed E-state index contributed by atoms with van der Waals surface area (Å²) in [6, 6.07) is 0.405. The van der Waals surface area contributed by atoms with Crippen molar-refractivity contribution < 1.29 is 24.0 Å². The molecule has 0 aliphatic rings. The molecule has 7 nitrogen and oxygen atoms in total. The molecule has 0 fully saturated rings. The van der Waals surface area contributed by atoms with Gasteiger partial charge in [-0.1, -0.05) is 0 Å². The molecule has 0 saturated carbocycles. The number of nitrogens with two attached hydrogens (primary N) is 1. The number of phenols is 1. The molecule has 3 N–H and O–H groups in total. The maximum atomic E-state index is 13.3. The van der Waals surface area contributed by atoms with Crippen molar-refractivity contribution in [1.29, 1.82) is 0 Å². The predicted octanol–water partition coefficient (Wildman–Crippen LogP) is 1.42. The number of hydrogen-bond acceptors (Lipinski definition) is 6. The van der Waals surface area contributed by atoms with E-state index in [1.54, 1.807) is 0 Å². The van der Waals surface area contributed by atoms with E-state index >= 15 is 0 Å². The molecule has 0 heterocycles. The Morgan fingerprint density at radius 2 is 2.21 bits per heavy atom. The molecule has 0 aliphatic carbocycles. The highest BCUT2D eigenvalue weighted by Gasteiger charge is 2.22. The number of non-ortho nitro benzene ring substituents is 1. The van der Waals surface area contributed by atoms with Crippen molar-refractivity contribution in [1.82, 2.24) is 0 Å². The molecule has 106 valence electrons. The summed E-state index contributed by atoms with van der Waals surface area (Å²) in [6.45, 7) is 0. The molecule has 0 radical (unpaired) electrons. The summed E-state index contributed by atoms with van der Waals surface area (Å²) in [5, 5.41) is 20.0. The van der Waals surface area contributed by atoms with Gasteiger partial charge in [-0.25, -0.2) is 4.39 Å². The van der Waals surface area contributed by atoms with Crippen molar-refractivity contribution in [3.8, 4) is 5.75 Å². The van der Waals surface area contributed by atoms with Gasteiger partial charge in [-0.3, -0.25) is 14.9 Å². The Hall–Kier alpha value is -1.93. The second-order valence-corrected chi connectivity index (χ2v) is 3.51. The highest BCUT2D eigenvalue weighted by molar-refractivity contribution is 5.85. The van der Waals surface area contributed by atoms with Gasteiger partial charge in [0.25, 0.3) is 5.69 Å². The minimum atomic E-state index is -1.17. The molecule has 0 bridgehead atoms. The van der Waals surface area contributed by atoms with Crippen molar-refractivity contribution in [3.63, 3.8) is 0 Å². The fraction of sp³-hybridized carbons (Fsp3) is 0.300. The SMILES string of the molecule is COC(=O)C[C@@H](N)c1cc([N+](=O)[O-])cc(F)c1O.Cl. The molecule has 0 aliphatic heterocycles. The highest BCUT2D eigenvalue weighted by atomic mass is 35.5. The molecule has 1 atom stereocenters. The van der Waals surface area contributed by atoms with Crippen LogP contribution in [0.4, 0.5) is 10.1 Å². The van der Waals surface area contributed by atoms with Crippen LogP contribution in [0.1, 0.15) is 18.0 Å². The number of hydrogen-bond donors (Lipinski definition) is 2. The number of halogens is 2. The van der Waals surface area contributed by atoms with Gasteiger partial charge in [0.15, 0.2) is 11.6 Å². The van der Waals surface area contributed by atoms with Gasteiger partial charge in [0.1, 0.15) is 0 Å². The number of nitrogens with zero attached hydrogens (tertiary/aromatic N) is 1. The number of carbonyl (C=O) groups excluding carboxylic acids is 1. The third-order valence-corrected chi connectivity index (χ3v) is 2.30. The average Bonchev–Trinajstić information content (AvgIpc) is 2.31. The lowest BCUT2D eigenvalue weighted by atomic mass is 10.0. The fourth-order valence-corrected chi connectivity index (χ4v) is 1.37. The minimum absolute atomic E-state index is 0. The van der Waals surface area contributed by atoms with Gasteiger partial charge in [0.05, 0.1) is 24.5 Å². The van der Waals surface area contributed by atoms with Crippen LogP contribution in [0.2, 0.25) is 0 Å². The Labute approximate surface area is 113 Å². The number of nitro groups is 1. The molecule has 1 aromatic rings. The molecule has 0 aromatic heterocycles. The first-order valence-electron chi connectivity index (χ1n) is 4.86. The van der Waals surface area contributed by atoms with E-state index < -0.39 is 34.2 Å². The van der Waals surface area contributed by atoms with Crippen LogP contribution in [-0.2, 0) is 9.53 Å². The van der Waals surface area contributed by atoms with E-state index in [1.807, 2.05) is 0 Å². The van der Waals surface area contributed by atoms with Crippen LogP contribution < -0.4 is 5.73 Å². The molecule has 0 saturated heterocycles. The molecule has 1 rings (SSSR count). The largest absolute Gasteiger partial charge is 0.505 e. The Bertz CT molecular complexity index is 497. The topological polar surface area (TPSA) is 116 Å². The number of aromatic hydroxyl groups is 1. The van der Waals surface area contributed by atoms with Gasteiger partial charge in [-0.15, -0.1) is 12.4 Å². The molecule has 1 aromatic carbocycles. The summed E-state index contributed by atoms with van der Waals surface area (Å²) in [4.78, 5) is 20.7. The van der Waals surface area contributed by atoms with Gasteiger partial charge in [0.2, 0.25) is 0 Å². The van der Waals surface area contributed by atoms with E-state index in [4.69, 9.17) is 5.73 Å². The molecular formula is C10H12ClFN2O5. The lowest BCUT2D eigenvalue weighted by Crippen LogP contribution is -2.17. The predicted molar refractivity (Wildman–Crippen MR) is 65.5 cm³/mol. The fourth-order valence-electron chi connectivity index (χ4n) is 1.37. The van der Waals surface area contributed by atoms with Crippen LogP contribution in [0.15, 0.2) is 12.1 Å². The minimum Gasteiger partial charge on any atom is -0.505 e. The van der Waals surface area contributed by atoms with Gasteiger partial charge >= 0.3 is 5.97 Å². The number of benzene rings is 1. The first-order valence-corrected chi connectivity index (χ1v) is 4.86.